The molecule has 9 nitrogen and oxygen atoms in total. The Bertz CT molecular complexity index is 1140. The summed E-state index contributed by atoms with van der Waals surface area (Å²) < 4.78 is 13.7. The van der Waals surface area contributed by atoms with E-state index in [1.165, 1.54) is 12.1 Å². The van der Waals surface area contributed by atoms with E-state index in [2.05, 4.69) is 34.4 Å². The molecule has 0 bridgehead atoms. The minimum absolute atomic E-state index is 0.143. The number of aromatic nitrogens is 1. The molecule has 2 amide bonds. The zero-order chi connectivity index (χ0) is 27.0. The molecule has 36 heavy (non-hydrogen) atoms. The minimum Gasteiger partial charge on any atom is -0.479 e. The number of carbonyl (C=O) groups excluding carboxylic acids is 2. The van der Waals surface area contributed by atoms with E-state index >= 15 is 0 Å². The number of rotatable bonds is 9. The van der Waals surface area contributed by atoms with Crippen LogP contribution in [0.1, 0.15) is 60.1 Å². The number of carboxylic acid groups (broad SMARTS) is 1. The number of halogens is 1. The zero-order valence-corrected chi connectivity index (χ0v) is 21.4. The SMILES string of the molecule is CCN(CC)CCNC(=O)c1c(C)[nH]c(/C=C2\C(=O)Nc3ccc(F)cc32)c1C.CC[C@H](O)C(=O)O. The van der Waals surface area contributed by atoms with Crippen LogP contribution in [0.5, 0.6) is 0 Å². The molecular formula is C26H35FN4O5. The lowest BCUT2D eigenvalue weighted by Crippen LogP contribution is -2.35. The number of hydrogen-bond donors (Lipinski definition) is 5. The zero-order valence-electron chi connectivity index (χ0n) is 21.4. The van der Waals surface area contributed by atoms with E-state index in [1.54, 1.807) is 19.1 Å². The van der Waals surface area contributed by atoms with E-state index in [1.807, 2.05) is 13.8 Å². The van der Waals surface area contributed by atoms with Crippen LogP contribution in [0.25, 0.3) is 11.6 Å². The molecule has 2 heterocycles. The number of benzene rings is 1. The molecule has 0 spiro atoms. The summed E-state index contributed by atoms with van der Waals surface area (Å²) in [4.78, 5) is 40.2. The monoisotopic (exact) mass is 502 g/mol. The molecule has 0 saturated heterocycles. The van der Waals surface area contributed by atoms with Gasteiger partial charge in [-0.25, -0.2) is 9.18 Å². The van der Waals surface area contributed by atoms with E-state index in [0.717, 1.165) is 30.9 Å². The van der Waals surface area contributed by atoms with Crippen LogP contribution >= 0.6 is 0 Å². The molecule has 1 aromatic heterocycles. The van der Waals surface area contributed by atoms with Gasteiger partial charge in [0.2, 0.25) is 0 Å². The summed E-state index contributed by atoms with van der Waals surface area (Å²) in [5.41, 5.74) is 4.20. The molecule has 1 aromatic carbocycles. The number of nitrogens with one attached hydrogen (secondary N) is 3. The quantitative estimate of drug-likeness (QED) is 0.334. The van der Waals surface area contributed by atoms with Gasteiger partial charge in [-0.3, -0.25) is 9.59 Å². The Kier molecular flexibility index (Phi) is 10.4. The van der Waals surface area contributed by atoms with Crippen molar-refractivity contribution in [1.82, 2.24) is 15.2 Å². The predicted molar refractivity (Wildman–Crippen MR) is 137 cm³/mol. The number of aliphatic carboxylic acids is 1. The van der Waals surface area contributed by atoms with Crippen molar-refractivity contribution in [3.8, 4) is 0 Å². The van der Waals surface area contributed by atoms with E-state index in [-0.39, 0.29) is 18.2 Å². The molecule has 0 saturated carbocycles. The number of aliphatic hydroxyl groups excluding tert-OH is 1. The first-order chi connectivity index (χ1) is 17.0. The molecule has 1 aliphatic rings. The number of hydrogen-bond acceptors (Lipinski definition) is 5. The Morgan fingerprint density at radius 3 is 2.42 bits per heavy atom. The second-order valence-corrected chi connectivity index (χ2v) is 8.41. The molecule has 0 radical (unpaired) electrons. The van der Waals surface area contributed by atoms with Crippen LogP contribution in [0.15, 0.2) is 18.2 Å². The van der Waals surface area contributed by atoms with Crippen LogP contribution < -0.4 is 10.6 Å². The number of nitrogens with zero attached hydrogens (tertiary/aromatic N) is 1. The summed E-state index contributed by atoms with van der Waals surface area (Å²) >= 11 is 0. The lowest BCUT2D eigenvalue weighted by Gasteiger charge is -2.18. The van der Waals surface area contributed by atoms with Gasteiger partial charge in [-0.05, 0) is 63.2 Å². The van der Waals surface area contributed by atoms with Crippen molar-refractivity contribution in [3.63, 3.8) is 0 Å². The number of H-pyrrole nitrogens is 1. The maximum Gasteiger partial charge on any atom is 0.332 e. The Hall–Kier alpha value is -3.50. The lowest BCUT2D eigenvalue weighted by atomic mass is 10.0. The standard InChI is InChI=1S/C22H27FN4O2.C4H8O3/c1-5-27(6-2)10-9-24-22(29)20-13(3)19(25-14(20)4)12-17-16-11-15(23)7-8-18(16)26-21(17)28;1-2-3(5)4(6)7/h7-8,11-12,25H,5-6,9-10H2,1-4H3,(H,24,29)(H,26,28);3,5H,2H2,1H3,(H,6,7)/b17-12-;/t;3-/m.0/s1. The summed E-state index contributed by atoms with van der Waals surface area (Å²) in [5.74, 6) is -1.99. The number of carboxylic acids is 1. The molecule has 0 fully saturated rings. The van der Waals surface area contributed by atoms with Gasteiger partial charge in [0.05, 0.1) is 11.1 Å². The van der Waals surface area contributed by atoms with E-state index < -0.39 is 17.9 Å². The first kappa shape index (κ1) is 28.7. The molecule has 1 atom stereocenters. The Morgan fingerprint density at radius 1 is 1.19 bits per heavy atom. The highest BCUT2D eigenvalue weighted by Gasteiger charge is 2.26. The maximum atomic E-state index is 13.7. The van der Waals surface area contributed by atoms with Gasteiger partial charge in [-0.1, -0.05) is 20.8 Å². The molecule has 2 aromatic rings. The molecular weight excluding hydrogens is 467 g/mol. The molecule has 0 aliphatic carbocycles. The van der Waals surface area contributed by atoms with Crippen molar-refractivity contribution in [2.24, 2.45) is 0 Å². The van der Waals surface area contributed by atoms with E-state index in [4.69, 9.17) is 10.2 Å². The van der Waals surface area contributed by atoms with Crippen molar-refractivity contribution in [2.75, 3.05) is 31.5 Å². The van der Waals surface area contributed by atoms with Gasteiger partial charge < -0.3 is 30.7 Å². The highest BCUT2D eigenvalue weighted by Crippen LogP contribution is 2.34. The second-order valence-electron chi connectivity index (χ2n) is 8.41. The third-order valence-electron chi connectivity index (χ3n) is 6.04. The van der Waals surface area contributed by atoms with E-state index in [9.17, 15) is 18.8 Å². The van der Waals surface area contributed by atoms with Gasteiger partial charge in [0, 0.05) is 35.7 Å². The topological polar surface area (TPSA) is 135 Å². The summed E-state index contributed by atoms with van der Waals surface area (Å²) in [6, 6.07) is 4.20. The summed E-state index contributed by atoms with van der Waals surface area (Å²) in [5, 5.41) is 22.0. The normalized spacial score (nSPS) is 14.2. The first-order valence-electron chi connectivity index (χ1n) is 12.0. The van der Waals surface area contributed by atoms with Crippen molar-refractivity contribution in [2.45, 2.75) is 47.1 Å². The second kappa shape index (κ2) is 13.0. The van der Waals surface area contributed by atoms with Crippen molar-refractivity contribution in [3.05, 3.63) is 52.1 Å². The average Bonchev–Trinajstić information content (AvgIpc) is 3.30. The number of amides is 2. The Labute approximate surface area is 210 Å². The van der Waals surface area contributed by atoms with Crippen LogP contribution in [0.4, 0.5) is 10.1 Å². The molecule has 196 valence electrons. The summed E-state index contributed by atoms with van der Waals surface area (Å²) in [6.07, 6.45) is 0.769. The number of likely N-dealkylation sites (N-methyl/N-ethyl adjacent to an activating group) is 1. The fourth-order valence-electron chi connectivity index (χ4n) is 3.84. The number of carbonyl (C=O) groups is 3. The predicted octanol–water partition coefficient (Wildman–Crippen LogP) is 3.18. The van der Waals surface area contributed by atoms with Gasteiger partial charge >= 0.3 is 5.97 Å². The van der Waals surface area contributed by atoms with Gasteiger partial charge in [0.15, 0.2) is 6.10 Å². The number of fused-ring (bicyclic) bond motifs is 1. The third-order valence-corrected chi connectivity index (χ3v) is 6.04. The Morgan fingerprint density at radius 2 is 1.86 bits per heavy atom. The highest BCUT2D eigenvalue weighted by atomic mass is 19.1. The molecule has 1 aliphatic heterocycles. The maximum absolute atomic E-state index is 13.7. The number of aromatic amines is 1. The number of aliphatic hydroxyl groups is 1. The smallest absolute Gasteiger partial charge is 0.332 e. The largest absolute Gasteiger partial charge is 0.479 e. The first-order valence-corrected chi connectivity index (χ1v) is 12.0. The molecule has 5 N–H and O–H groups in total. The minimum atomic E-state index is -1.18. The fourth-order valence-corrected chi connectivity index (χ4v) is 3.84. The average molecular weight is 503 g/mol. The van der Waals surface area contributed by atoms with Crippen LogP contribution in [0.3, 0.4) is 0 Å². The third kappa shape index (κ3) is 7.02. The Balaban J connectivity index is 0.000000572. The number of aryl methyl sites for hydroxylation is 1. The summed E-state index contributed by atoms with van der Waals surface area (Å²) in [7, 11) is 0. The van der Waals surface area contributed by atoms with Gasteiger partial charge in [-0.2, -0.15) is 0 Å². The van der Waals surface area contributed by atoms with Gasteiger partial charge in [0.25, 0.3) is 11.8 Å². The molecule has 0 unspecified atom stereocenters. The van der Waals surface area contributed by atoms with Gasteiger partial charge in [0.1, 0.15) is 5.82 Å². The molecule has 3 rings (SSSR count). The van der Waals surface area contributed by atoms with Crippen molar-refractivity contribution in [1.29, 1.82) is 0 Å². The van der Waals surface area contributed by atoms with Crippen LogP contribution in [0, 0.1) is 19.7 Å². The number of anilines is 1. The highest BCUT2D eigenvalue weighted by molar-refractivity contribution is 6.34. The van der Waals surface area contributed by atoms with Crippen LogP contribution in [-0.2, 0) is 9.59 Å². The van der Waals surface area contributed by atoms with Crippen molar-refractivity contribution < 1.29 is 29.0 Å². The molecule has 10 heteroatoms. The van der Waals surface area contributed by atoms with Crippen molar-refractivity contribution >= 4 is 35.1 Å². The van der Waals surface area contributed by atoms with Crippen LogP contribution in [-0.4, -0.2) is 70.2 Å². The lowest BCUT2D eigenvalue weighted by molar-refractivity contribution is -0.146. The van der Waals surface area contributed by atoms with Crippen LogP contribution in [0.2, 0.25) is 0 Å². The summed E-state index contributed by atoms with van der Waals surface area (Å²) in [6.45, 7) is 12.7. The van der Waals surface area contributed by atoms with E-state index in [0.29, 0.717) is 34.6 Å². The van der Waals surface area contributed by atoms with Gasteiger partial charge in [-0.15, -0.1) is 0 Å². The fraction of sp³-hybridized carbons (Fsp3) is 0.423.